The Kier molecular flexibility index (Phi) is 6.14. The van der Waals surface area contributed by atoms with E-state index >= 15 is 0 Å². The third-order valence-corrected chi connectivity index (χ3v) is 4.10. The molecule has 0 aliphatic rings. The lowest BCUT2D eigenvalue weighted by atomic mass is 10.2. The summed E-state index contributed by atoms with van der Waals surface area (Å²) in [6.45, 7) is -0.0843. The molecule has 2 N–H and O–H groups in total. The molecule has 0 atom stereocenters. The van der Waals surface area contributed by atoms with Gasteiger partial charge in [-0.3, -0.25) is 4.79 Å². The summed E-state index contributed by atoms with van der Waals surface area (Å²) in [4.78, 5) is 27.1. The summed E-state index contributed by atoms with van der Waals surface area (Å²) in [6.07, 6.45) is -1.39. The van der Waals surface area contributed by atoms with Gasteiger partial charge in [0.2, 0.25) is 5.95 Å². The first-order valence-corrected chi connectivity index (χ1v) is 8.69. The molecule has 0 saturated carbocycles. The van der Waals surface area contributed by atoms with Crippen LogP contribution in [0.15, 0.2) is 43.0 Å². The van der Waals surface area contributed by atoms with Crippen molar-refractivity contribution in [1.29, 1.82) is 0 Å². The van der Waals surface area contributed by atoms with Gasteiger partial charge in [0.25, 0.3) is 5.91 Å². The van der Waals surface area contributed by atoms with Crippen LogP contribution in [-0.4, -0.2) is 25.8 Å². The van der Waals surface area contributed by atoms with E-state index in [1.165, 1.54) is 36.8 Å². The van der Waals surface area contributed by atoms with E-state index in [2.05, 4.69) is 30.6 Å². The lowest BCUT2D eigenvalue weighted by Crippen LogP contribution is -2.27. The zero-order valence-electron chi connectivity index (χ0n) is 14.3. The van der Waals surface area contributed by atoms with Crippen molar-refractivity contribution in [1.82, 2.24) is 25.3 Å². The number of nitrogens with zero attached hydrogens (tertiary/aromatic N) is 4. The van der Waals surface area contributed by atoms with Crippen LogP contribution in [0.5, 0.6) is 0 Å². The van der Waals surface area contributed by atoms with Gasteiger partial charge in [-0.2, -0.15) is 13.2 Å². The molecule has 2 heterocycles. The zero-order valence-corrected chi connectivity index (χ0v) is 15.8. The highest BCUT2D eigenvalue weighted by Crippen LogP contribution is 2.32. The summed E-state index contributed by atoms with van der Waals surface area (Å²) in [5, 5.41) is 5.44. The summed E-state index contributed by atoms with van der Waals surface area (Å²) in [5.74, 6) is -1.37. The Hall–Kier alpha value is -2.98. The second kappa shape index (κ2) is 8.58. The van der Waals surface area contributed by atoms with Gasteiger partial charge in [-0.1, -0.05) is 23.2 Å². The van der Waals surface area contributed by atoms with E-state index < -0.39 is 23.3 Å². The maximum atomic E-state index is 13.5. The number of alkyl halides is 3. The molecule has 29 heavy (non-hydrogen) atoms. The molecule has 0 saturated heterocycles. The number of carbonyl (C=O) groups is 1. The molecular formula is C17H11Cl2F3N6O. The Bertz CT molecular complexity index is 1030. The number of anilines is 2. The highest BCUT2D eigenvalue weighted by molar-refractivity contribution is 6.36. The van der Waals surface area contributed by atoms with E-state index in [0.29, 0.717) is 10.7 Å². The first-order valence-electron chi connectivity index (χ1n) is 7.93. The third kappa shape index (κ3) is 5.30. The number of carbonyl (C=O) groups excluding carboxylic acids is 1. The SMILES string of the molecule is O=C(NCc1ccncn1)c1cnc(Nc2ccc(Cl)cc2Cl)nc1C(F)(F)F. The van der Waals surface area contributed by atoms with Crippen molar-refractivity contribution in [2.24, 2.45) is 0 Å². The predicted molar refractivity (Wildman–Crippen MR) is 100.0 cm³/mol. The summed E-state index contributed by atoms with van der Waals surface area (Å²) < 4.78 is 40.4. The monoisotopic (exact) mass is 442 g/mol. The predicted octanol–water partition coefficient (Wildman–Crippen LogP) is 4.27. The van der Waals surface area contributed by atoms with Crippen molar-refractivity contribution < 1.29 is 18.0 Å². The number of nitrogens with one attached hydrogen (secondary N) is 2. The summed E-state index contributed by atoms with van der Waals surface area (Å²) in [5.41, 5.74) is -1.43. The summed E-state index contributed by atoms with van der Waals surface area (Å²) in [6, 6.07) is 5.88. The molecule has 1 amide bonds. The molecule has 3 aromatic rings. The van der Waals surface area contributed by atoms with Gasteiger partial charge in [0, 0.05) is 17.4 Å². The second-order valence-electron chi connectivity index (χ2n) is 5.59. The molecule has 0 radical (unpaired) electrons. The number of hydrogen-bond acceptors (Lipinski definition) is 6. The summed E-state index contributed by atoms with van der Waals surface area (Å²) >= 11 is 11.8. The molecule has 2 aromatic heterocycles. The lowest BCUT2D eigenvalue weighted by molar-refractivity contribution is -0.141. The van der Waals surface area contributed by atoms with Crippen molar-refractivity contribution in [3.8, 4) is 0 Å². The van der Waals surface area contributed by atoms with Gasteiger partial charge in [-0.25, -0.2) is 19.9 Å². The minimum atomic E-state index is -4.88. The Morgan fingerprint density at radius 2 is 1.93 bits per heavy atom. The molecule has 0 fully saturated rings. The van der Waals surface area contributed by atoms with Crippen LogP contribution in [0.4, 0.5) is 24.8 Å². The van der Waals surface area contributed by atoms with E-state index in [0.717, 1.165) is 6.20 Å². The minimum Gasteiger partial charge on any atom is -0.346 e. The molecule has 0 bridgehead atoms. The van der Waals surface area contributed by atoms with Gasteiger partial charge in [0.15, 0.2) is 5.69 Å². The first-order chi connectivity index (χ1) is 13.7. The third-order valence-electron chi connectivity index (χ3n) is 3.55. The normalized spacial score (nSPS) is 11.2. The van der Waals surface area contributed by atoms with Crippen LogP contribution in [0.2, 0.25) is 10.0 Å². The standard InChI is InChI=1S/C17H11Cl2F3N6O/c18-9-1-2-13(12(19)5-9)27-16-25-7-11(14(28-16)17(20,21)22)15(29)24-6-10-3-4-23-8-26-10/h1-5,7-8H,6H2,(H,24,29)(H,25,27,28). The van der Waals surface area contributed by atoms with Gasteiger partial charge in [-0.05, 0) is 24.3 Å². The smallest absolute Gasteiger partial charge is 0.346 e. The van der Waals surface area contributed by atoms with Crippen molar-refractivity contribution in [3.63, 3.8) is 0 Å². The van der Waals surface area contributed by atoms with Crippen LogP contribution in [-0.2, 0) is 12.7 Å². The second-order valence-corrected chi connectivity index (χ2v) is 6.43. The van der Waals surface area contributed by atoms with Gasteiger partial charge in [0.05, 0.1) is 28.5 Å². The fourth-order valence-electron chi connectivity index (χ4n) is 2.22. The molecule has 0 spiro atoms. The topological polar surface area (TPSA) is 92.7 Å². The molecule has 0 unspecified atom stereocenters. The van der Waals surface area contributed by atoms with E-state index in [1.807, 2.05) is 0 Å². The average molecular weight is 443 g/mol. The van der Waals surface area contributed by atoms with Crippen LogP contribution in [0.1, 0.15) is 21.7 Å². The van der Waals surface area contributed by atoms with E-state index in [4.69, 9.17) is 23.2 Å². The van der Waals surface area contributed by atoms with Crippen molar-refractivity contribution in [3.05, 3.63) is 70.0 Å². The molecule has 3 rings (SSSR count). The van der Waals surface area contributed by atoms with E-state index in [-0.39, 0.29) is 23.2 Å². The molecule has 1 aromatic carbocycles. The van der Waals surface area contributed by atoms with E-state index in [1.54, 1.807) is 0 Å². The molecule has 12 heteroatoms. The molecule has 7 nitrogen and oxygen atoms in total. The van der Waals surface area contributed by atoms with Crippen LogP contribution in [0.3, 0.4) is 0 Å². The maximum Gasteiger partial charge on any atom is 0.434 e. The number of amides is 1. The number of halogens is 5. The van der Waals surface area contributed by atoms with E-state index in [9.17, 15) is 18.0 Å². The highest BCUT2D eigenvalue weighted by Gasteiger charge is 2.38. The minimum absolute atomic E-state index is 0.0843. The number of hydrogen-bond donors (Lipinski definition) is 2. The Labute approximate surface area is 172 Å². The quantitative estimate of drug-likeness (QED) is 0.612. The number of aromatic nitrogens is 4. The lowest BCUT2D eigenvalue weighted by Gasteiger charge is -2.14. The summed E-state index contributed by atoms with van der Waals surface area (Å²) in [7, 11) is 0. The van der Waals surface area contributed by atoms with Crippen molar-refractivity contribution in [2.75, 3.05) is 5.32 Å². The molecular weight excluding hydrogens is 432 g/mol. The fraction of sp³-hybridized carbons (Fsp3) is 0.118. The van der Waals surface area contributed by atoms with Crippen LogP contribution >= 0.6 is 23.2 Å². The molecule has 0 aliphatic heterocycles. The number of rotatable bonds is 5. The van der Waals surface area contributed by atoms with Crippen LogP contribution in [0, 0.1) is 0 Å². The van der Waals surface area contributed by atoms with Gasteiger partial charge >= 0.3 is 6.18 Å². The largest absolute Gasteiger partial charge is 0.434 e. The first kappa shape index (κ1) is 20.7. The Morgan fingerprint density at radius 3 is 2.59 bits per heavy atom. The Morgan fingerprint density at radius 1 is 1.14 bits per heavy atom. The molecule has 150 valence electrons. The highest BCUT2D eigenvalue weighted by atomic mass is 35.5. The van der Waals surface area contributed by atoms with Crippen molar-refractivity contribution >= 4 is 40.7 Å². The molecule has 0 aliphatic carbocycles. The van der Waals surface area contributed by atoms with Gasteiger partial charge in [0.1, 0.15) is 6.33 Å². The van der Waals surface area contributed by atoms with Crippen molar-refractivity contribution in [2.45, 2.75) is 12.7 Å². The zero-order chi connectivity index (χ0) is 21.0. The van der Waals surface area contributed by atoms with Crippen LogP contribution < -0.4 is 10.6 Å². The average Bonchev–Trinajstić information content (AvgIpc) is 2.68. The Balaban J connectivity index is 1.85. The van der Waals surface area contributed by atoms with Gasteiger partial charge in [-0.15, -0.1) is 0 Å². The fourth-order valence-corrected chi connectivity index (χ4v) is 2.68. The number of benzene rings is 1. The maximum absolute atomic E-state index is 13.5. The van der Waals surface area contributed by atoms with Gasteiger partial charge < -0.3 is 10.6 Å². The van der Waals surface area contributed by atoms with Crippen LogP contribution in [0.25, 0.3) is 0 Å².